The normalized spacial score (nSPS) is 10.7. The number of hydrogen-bond donors (Lipinski definition) is 2. The Labute approximate surface area is 129 Å². The van der Waals surface area contributed by atoms with Crippen molar-refractivity contribution in [1.82, 2.24) is 9.59 Å². The highest BCUT2D eigenvalue weighted by Crippen LogP contribution is 2.26. The van der Waals surface area contributed by atoms with Gasteiger partial charge < -0.3 is 10.4 Å². The molecule has 0 fully saturated rings. The van der Waals surface area contributed by atoms with Crippen molar-refractivity contribution in [3.8, 4) is 0 Å². The number of nitrogens with zero attached hydrogens (tertiary/aromatic N) is 2. The van der Waals surface area contributed by atoms with E-state index in [9.17, 15) is 9.59 Å². The van der Waals surface area contributed by atoms with Crippen LogP contribution < -0.4 is 5.32 Å². The van der Waals surface area contributed by atoms with Gasteiger partial charge in [0.1, 0.15) is 4.88 Å². The number of halogens is 1. The number of rotatable bonds is 4. The maximum Gasteiger partial charge on any atom is 0.335 e. The van der Waals surface area contributed by atoms with Gasteiger partial charge in [0.2, 0.25) is 0 Å². The number of carboxylic acid groups (broad SMARTS) is 1. The van der Waals surface area contributed by atoms with Crippen molar-refractivity contribution in [2.75, 3.05) is 5.32 Å². The first-order valence-electron chi connectivity index (χ1n) is 6.06. The highest BCUT2D eigenvalue weighted by Gasteiger charge is 2.19. The molecular formula is C13H12ClN3O3S. The zero-order chi connectivity index (χ0) is 15.6. The third-order valence-electron chi connectivity index (χ3n) is 2.73. The van der Waals surface area contributed by atoms with Crippen molar-refractivity contribution in [1.29, 1.82) is 0 Å². The summed E-state index contributed by atoms with van der Waals surface area (Å²) >= 11 is 6.98. The van der Waals surface area contributed by atoms with E-state index in [2.05, 4.69) is 14.9 Å². The Kier molecular flexibility index (Phi) is 4.54. The Balaban J connectivity index is 2.24. The molecule has 6 nitrogen and oxygen atoms in total. The predicted molar refractivity (Wildman–Crippen MR) is 80.4 cm³/mol. The van der Waals surface area contributed by atoms with E-state index in [1.165, 1.54) is 18.2 Å². The molecule has 1 amide bonds. The molecule has 0 spiro atoms. The van der Waals surface area contributed by atoms with E-state index < -0.39 is 5.97 Å². The molecule has 0 bridgehead atoms. The average molecular weight is 326 g/mol. The second-order valence-corrected chi connectivity index (χ2v) is 5.76. The molecule has 110 valence electrons. The molecule has 1 heterocycles. The summed E-state index contributed by atoms with van der Waals surface area (Å²) in [7, 11) is 0. The second-order valence-electron chi connectivity index (χ2n) is 4.60. The van der Waals surface area contributed by atoms with E-state index >= 15 is 0 Å². The molecule has 1 aromatic heterocycles. The van der Waals surface area contributed by atoms with Crippen molar-refractivity contribution in [2.45, 2.75) is 19.8 Å². The number of carbonyl (C=O) groups excluding carboxylic acids is 1. The smallest absolute Gasteiger partial charge is 0.335 e. The lowest BCUT2D eigenvalue weighted by Gasteiger charge is -2.08. The van der Waals surface area contributed by atoms with Crippen molar-refractivity contribution >= 4 is 40.7 Å². The Morgan fingerprint density at radius 2 is 2.10 bits per heavy atom. The summed E-state index contributed by atoms with van der Waals surface area (Å²) in [4.78, 5) is 23.5. The molecule has 0 saturated carbocycles. The largest absolute Gasteiger partial charge is 0.478 e. The van der Waals surface area contributed by atoms with Crippen LogP contribution in [0.3, 0.4) is 0 Å². The molecule has 1 aromatic carbocycles. The molecule has 2 aromatic rings. The van der Waals surface area contributed by atoms with Gasteiger partial charge in [-0.1, -0.05) is 29.9 Å². The summed E-state index contributed by atoms with van der Waals surface area (Å²) in [6.45, 7) is 3.84. The topological polar surface area (TPSA) is 92.2 Å². The molecule has 0 aliphatic rings. The van der Waals surface area contributed by atoms with E-state index in [4.69, 9.17) is 16.7 Å². The fourth-order valence-corrected chi connectivity index (χ4v) is 2.60. The fourth-order valence-electron chi connectivity index (χ4n) is 1.66. The maximum atomic E-state index is 12.2. The number of nitrogens with one attached hydrogen (secondary N) is 1. The molecule has 0 radical (unpaired) electrons. The van der Waals surface area contributed by atoms with Gasteiger partial charge in [-0.25, -0.2) is 4.79 Å². The van der Waals surface area contributed by atoms with Gasteiger partial charge in [0, 0.05) is 0 Å². The Morgan fingerprint density at radius 3 is 2.67 bits per heavy atom. The van der Waals surface area contributed by atoms with Crippen molar-refractivity contribution in [2.24, 2.45) is 0 Å². The number of carbonyl (C=O) groups is 2. The molecule has 2 rings (SSSR count). The fraction of sp³-hybridized carbons (Fsp3) is 0.231. The molecular weight excluding hydrogens is 314 g/mol. The summed E-state index contributed by atoms with van der Waals surface area (Å²) < 4.78 is 3.79. The number of hydrogen-bond acceptors (Lipinski definition) is 5. The lowest BCUT2D eigenvalue weighted by Crippen LogP contribution is -2.13. The van der Waals surface area contributed by atoms with Crippen LogP contribution in [-0.4, -0.2) is 26.6 Å². The highest BCUT2D eigenvalue weighted by atomic mass is 35.5. The van der Waals surface area contributed by atoms with Gasteiger partial charge >= 0.3 is 5.97 Å². The van der Waals surface area contributed by atoms with Crippen molar-refractivity contribution < 1.29 is 14.7 Å². The van der Waals surface area contributed by atoms with Gasteiger partial charge in [0.15, 0.2) is 0 Å². The van der Waals surface area contributed by atoms with E-state index in [0.717, 1.165) is 11.5 Å². The standard InChI is InChI=1S/C13H12ClN3O3S/c1-6(2)10-11(21-17-16-10)12(18)15-9-4-3-7(13(19)20)5-8(9)14/h3-6H,1-2H3,(H,15,18)(H,19,20). The van der Waals surface area contributed by atoms with Crippen LogP contribution in [0.2, 0.25) is 5.02 Å². The van der Waals surface area contributed by atoms with Crippen molar-refractivity contribution in [3.05, 3.63) is 39.4 Å². The number of benzene rings is 1. The molecule has 2 N–H and O–H groups in total. The summed E-state index contributed by atoms with van der Waals surface area (Å²) in [5.41, 5.74) is 1.02. The molecule has 8 heteroatoms. The van der Waals surface area contributed by atoms with Crippen LogP contribution in [0.1, 0.15) is 45.5 Å². The third-order valence-corrected chi connectivity index (χ3v) is 3.78. The highest BCUT2D eigenvalue weighted by molar-refractivity contribution is 7.08. The lowest BCUT2D eigenvalue weighted by molar-refractivity contribution is 0.0696. The third kappa shape index (κ3) is 3.37. The van der Waals surface area contributed by atoms with Gasteiger partial charge in [-0.05, 0) is 35.6 Å². The van der Waals surface area contributed by atoms with Gasteiger partial charge in [-0.2, -0.15) is 0 Å². The van der Waals surface area contributed by atoms with Gasteiger partial charge in [0.05, 0.1) is 22.0 Å². The maximum absolute atomic E-state index is 12.2. The average Bonchev–Trinajstić information content (AvgIpc) is 2.90. The second kappa shape index (κ2) is 6.19. The minimum atomic E-state index is -1.08. The van der Waals surface area contributed by atoms with Crippen molar-refractivity contribution in [3.63, 3.8) is 0 Å². The molecule has 0 aliphatic carbocycles. The first kappa shape index (κ1) is 15.4. The first-order valence-corrected chi connectivity index (χ1v) is 7.21. The lowest BCUT2D eigenvalue weighted by atomic mass is 10.1. The molecule has 0 unspecified atom stereocenters. The van der Waals surface area contributed by atoms with Crippen LogP contribution in [0.25, 0.3) is 0 Å². The number of aromatic nitrogens is 2. The molecule has 21 heavy (non-hydrogen) atoms. The molecule has 0 atom stereocenters. The van der Waals surface area contributed by atoms with E-state index in [1.807, 2.05) is 13.8 Å². The van der Waals surface area contributed by atoms with E-state index in [0.29, 0.717) is 16.3 Å². The SMILES string of the molecule is CC(C)c1nnsc1C(=O)Nc1ccc(C(=O)O)cc1Cl. The zero-order valence-electron chi connectivity index (χ0n) is 11.3. The molecule has 0 saturated heterocycles. The number of anilines is 1. The van der Waals surface area contributed by atoms with Gasteiger partial charge in [0.25, 0.3) is 5.91 Å². The number of amides is 1. The van der Waals surface area contributed by atoms with Crippen LogP contribution in [-0.2, 0) is 0 Å². The van der Waals surface area contributed by atoms with Crippen LogP contribution in [0.4, 0.5) is 5.69 Å². The minimum absolute atomic E-state index is 0.0559. The predicted octanol–water partition coefficient (Wildman–Crippen LogP) is 3.27. The zero-order valence-corrected chi connectivity index (χ0v) is 12.8. The van der Waals surface area contributed by atoms with Crippen LogP contribution in [0.5, 0.6) is 0 Å². The first-order chi connectivity index (χ1) is 9.90. The van der Waals surface area contributed by atoms with Crippen LogP contribution >= 0.6 is 23.1 Å². The summed E-state index contributed by atoms with van der Waals surface area (Å²) in [6.07, 6.45) is 0. The number of carboxylic acids is 1. The van der Waals surface area contributed by atoms with E-state index in [1.54, 1.807) is 0 Å². The Hall–Kier alpha value is -1.99. The van der Waals surface area contributed by atoms with Gasteiger partial charge in [-0.15, -0.1) is 5.10 Å². The van der Waals surface area contributed by atoms with E-state index in [-0.39, 0.29) is 22.4 Å². The quantitative estimate of drug-likeness (QED) is 0.900. The Bertz CT molecular complexity index is 700. The minimum Gasteiger partial charge on any atom is -0.478 e. The summed E-state index contributed by atoms with van der Waals surface area (Å²) in [6, 6.07) is 4.11. The van der Waals surface area contributed by atoms with Crippen LogP contribution in [0, 0.1) is 0 Å². The van der Waals surface area contributed by atoms with Gasteiger partial charge in [-0.3, -0.25) is 4.79 Å². The Morgan fingerprint density at radius 1 is 1.38 bits per heavy atom. The summed E-state index contributed by atoms with van der Waals surface area (Å²) in [5, 5.41) is 15.6. The molecule has 0 aliphatic heterocycles. The number of aromatic carboxylic acids is 1. The monoisotopic (exact) mass is 325 g/mol. The summed E-state index contributed by atoms with van der Waals surface area (Å²) in [5.74, 6) is -1.36. The van der Waals surface area contributed by atoms with Crippen LogP contribution in [0.15, 0.2) is 18.2 Å².